The summed E-state index contributed by atoms with van der Waals surface area (Å²) in [5, 5.41) is 8.80. The van der Waals surface area contributed by atoms with Gasteiger partial charge in [-0.25, -0.2) is 17.6 Å². The second-order valence-electron chi connectivity index (χ2n) is 4.79. The van der Waals surface area contributed by atoms with Crippen LogP contribution < -0.4 is 0 Å². The molecule has 0 bridgehead atoms. The van der Waals surface area contributed by atoms with Crippen molar-refractivity contribution in [2.45, 2.75) is 17.7 Å². The Balaban J connectivity index is 2.25. The zero-order valence-corrected chi connectivity index (χ0v) is 11.9. The van der Waals surface area contributed by atoms with Crippen LogP contribution in [-0.4, -0.2) is 49.1 Å². The third-order valence-corrected chi connectivity index (χ3v) is 4.90. The van der Waals surface area contributed by atoms with Crippen molar-refractivity contribution in [2.24, 2.45) is 0 Å². The molecule has 1 aliphatic rings. The highest BCUT2D eigenvalue weighted by atomic mass is 32.2. The number of carbonyl (C=O) groups is 2. The van der Waals surface area contributed by atoms with E-state index in [4.69, 9.17) is 5.11 Å². The zero-order chi connectivity index (χ0) is 15.6. The molecule has 1 aliphatic heterocycles. The predicted octanol–water partition coefficient (Wildman–Crippen LogP) is 0.920. The van der Waals surface area contributed by atoms with Gasteiger partial charge in [-0.3, -0.25) is 4.79 Å². The van der Waals surface area contributed by atoms with Crippen molar-refractivity contribution in [3.63, 3.8) is 0 Å². The summed E-state index contributed by atoms with van der Waals surface area (Å²) in [6, 6.07) is 2.48. The maximum absolute atomic E-state index is 13.3. The molecule has 0 unspecified atom stereocenters. The third kappa shape index (κ3) is 3.38. The molecule has 0 atom stereocenters. The average molecular weight is 315 g/mol. The van der Waals surface area contributed by atoms with Gasteiger partial charge in [0, 0.05) is 13.1 Å². The standard InChI is InChI=1S/C13H14FNO5S/c14-11-4-3-9(7-10(11)13(17)18)21(19,20)8-12(16)15-5-1-2-6-15/h3-4,7H,1-2,5-6,8H2,(H,17,18). The summed E-state index contributed by atoms with van der Waals surface area (Å²) in [7, 11) is -3.99. The van der Waals surface area contributed by atoms with Gasteiger partial charge in [0.05, 0.1) is 10.5 Å². The summed E-state index contributed by atoms with van der Waals surface area (Å²) in [4.78, 5) is 23.8. The monoisotopic (exact) mass is 315 g/mol. The molecule has 8 heteroatoms. The van der Waals surface area contributed by atoms with Crippen LogP contribution in [0.5, 0.6) is 0 Å². The fourth-order valence-electron chi connectivity index (χ4n) is 2.17. The Bertz CT molecular complexity index is 680. The van der Waals surface area contributed by atoms with E-state index >= 15 is 0 Å². The number of amides is 1. The Hall–Kier alpha value is -1.96. The molecule has 1 aromatic rings. The fraction of sp³-hybridized carbons (Fsp3) is 0.385. The first-order valence-electron chi connectivity index (χ1n) is 6.34. The maximum atomic E-state index is 13.3. The Morgan fingerprint density at radius 3 is 2.43 bits per heavy atom. The average Bonchev–Trinajstić information content (AvgIpc) is 2.92. The number of halogens is 1. The minimum absolute atomic E-state index is 0.367. The molecular weight excluding hydrogens is 301 g/mol. The third-order valence-electron chi connectivity index (χ3n) is 3.30. The largest absolute Gasteiger partial charge is 0.478 e. The predicted molar refractivity (Wildman–Crippen MR) is 71.2 cm³/mol. The quantitative estimate of drug-likeness (QED) is 0.834. The number of nitrogens with zero attached hydrogens (tertiary/aromatic N) is 1. The van der Waals surface area contributed by atoms with E-state index in [-0.39, 0.29) is 4.90 Å². The molecule has 1 saturated heterocycles. The van der Waals surface area contributed by atoms with E-state index in [0.717, 1.165) is 31.0 Å². The van der Waals surface area contributed by atoms with Gasteiger partial charge in [-0.2, -0.15) is 0 Å². The van der Waals surface area contributed by atoms with Crippen molar-refractivity contribution in [1.82, 2.24) is 4.90 Å². The van der Waals surface area contributed by atoms with Crippen molar-refractivity contribution in [1.29, 1.82) is 0 Å². The molecule has 0 saturated carbocycles. The zero-order valence-electron chi connectivity index (χ0n) is 11.1. The van der Waals surface area contributed by atoms with Gasteiger partial charge in [0.15, 0.2) is 9.84 Å². The number of carboxylic acid groups (broad SMARTS) is 1. The topological polar surface area (TPSA) is 91.7 Å². The van der Waals surface area contributed by atoms with Crippen LogP contribution in [0, 0.1) is 5.82 Å². The highest BCUT2D eigenvalue weighted by Gasteiger charge is 2.26. The van der Waals surface area contributed by atoms with Gasteiger partial charge in [-0.05, 0) is 31.0 Å². The highest BCUT2D eigenvalue weighted by molar-refractivity contribution is 7.92. The van der Waals surface area contributed by atoms with Gasteiger partial charge in [0.1, 0.15) is 11.6 Å². The van der Waals surface area contributed by atoms with Crippen LogP contribution in [0.2, 0.25) is 0 Å². The second-order valence-corrected chi connectivity index (χ2v) is 6.78. The molecule has 114 valence electrons. The van der Waals surface area contributed by atoms with Crippen molar-refractivity contribution < 1.29 is 27.5 Å². The van der Waals surface area contributed by atoms with Crippen LogP contribution in [-0.2, 0) is 14.6 Å². The number of aromatic carboxylic acids is 1. The van der Waals surface area contributed by atoms with E-state index in [0.29, 0.717) is 13.1 Å². The summed E-state index contributed by atoms with van der Waals surface area (Å²) in [5.41, 5.74) is -0.732. The van der Waals surface area contributed by atoms with Crippen LogP contribution >= 0.6 is 0 Å². The summed E-state index contributed by atoms with van der Waals surface area (Å²) in [6.07, 6.45) is 1.68. The second kappa shape index (κ2) is 5.80. The van der Waals surface area contributed by atoms with Crippen molar-refractivity contribution in [3.8, 4) is 0 Å². The van der Waals surface area contributed by atoms with Gasteiger partial charge in [0.2, 0.25) is 5.91 Å². The fourth-order valence-corrected chi connectivity index (χ4v) is 3.41. The Kier molecular flexibility index (Phi) is 4.26. The molecule has 21 heavy (non-hydrogen) atoms. The van der Waals surface area contributed by atoms with E-state index in [2.05, 4.69) is 0 Å². The number of hydrogen-bond acceptors (Lipinski definition) is 4. The van der Waals surface area contributed by atoms with Gasteiger partial charge >= 0.3 is 5.97 Å². The Labute approximate surface area is 121 Å². The lowest BCUT2D eigenvalue weighted by Crippen LogP contribution is -2.33. The van der Waals surface area contributed by atoms with E-state index < -0.39 is 38.8 Å². The molecule has 1 amide bonds. The first-order chi connectivity index (χ1) is 9.81. The van der Waals surface area contributed by atoms with Gasteiger partial charge in [-0.15, -0.1) is 0 Å². The molecule has 1 aromatic carbocycles. The molecule has 0 spiro atoms. The first kappa shape index (κ1) is 15.4. The number of carboxylic acids is 1. The number of rotatable bonds is 4. The van der Waals surface area contributed by atoms with Gasteiger partial charge in [-0.1, -0.05) is 0 Å². The highest BCUT2D eigenvalue weighted by Crippen LogP contribution is 2.18. The van der Waals surface area contributed by atoms with E-state index in [1.54, 1.807) is 0 Å². The van der Waals surface area contributed by atoms with Crippen molar-refractivity contribution in [3.05, 3.63) is 29.6 Å². The molecular formula is C13H14FNO5S. The molecule has 6 nitrogen and oxygen atoms in total. The number of benzene rings is 1. The van der Waals surface area contributed by atoms with Crippen molar-refractivity contribution >= 4 is 21.7 Å². The van der Waals surface area contributed by atoms with Crippen molar-refractivity contribution in [2.75, 3.05) is 18.8 Å². The lowest BCUT2D eigenvalue weighted by atomic mass is 10.2. The number of carbonyl (C=O) groups excluding carboxylic acids is 1. The molecule has 0 aliphatic carbocycles. The van der Waals surface area contributed by atoms with Crippen LogP contribution in [0.1, 0.15) is 23.2 Å². The van der Waals surface area contributed by atoms with E-state index in [1.165, 1.54) is 4.90 Å². The molecule has 0 aromatic heterocycles. The SMILES string of the molecule is O=C(O)c1cc(S(=O)(=O)CC(=O)N2CCCC2)ccc1F. The summed E-state index contributed by atoms with van der Waals surface area (Å²) in [5.74, 6) is -3.84. The van der Waals surface area contributed by atoms with Gasteiger partial charge in [0.25, 0.3) is 0 Å². The minimum Gasteiger partial charge on any atom is -0.478 e. The van der Waals surface area contributed by atoms with Crippen LogP contribution in [0.15, 0.2) is 23.1 Å². The molecule has 2 rings (SSSR count). The van der Waals surface area contributed by atoms with Crippen LogP contribution in [0.3, 0.4) is 0 Å². The normalized spacial score (nSPS) is 15.2. The maximum Gasteiger partial charge on any atom is 0.338 e. The Morgan fingerprint density at radius 2 is 1.86 bits per heavy atom. The smallest absolute Gasteiger partial charge is 0.338 e. The van der Waals surface area contributed by atoms with E-state index in [9.17, 15) is 22.4 Å². The first-order valence-corrected chi connectivity index (χ1v) is 8.00. The van der Waals surface area contributed by atoms with Crippen LogP contribution in [0.25, 0.3) is 0 Å². The summed E-state index contributed by atoms with van der Waals surface area (Å²) >= 11 is 0. The molecule has 0 radical (unpaired) electrons. The number of likely N-dealkylation sites (tertiary alicyclic amines) is 1. The number of hydrogen-bond donors (Lipinski definition) is 1. The minimum atomic E-state index is -3.99. The summed E-state index contributed by atoms with van der Waals surface area (Å²) in [6.45, 7) is 1.05. The molecule has 1 heterocycles. The lowest BCUT2D eigenvalue weighted by Gasteiger charge is -2.15. The van der Waals surface area contributed by atoms with Crippen LogP contribution in [0.4, 0.5) is 4.39 Å². The summed E-state index contributed by atoms with van der Waals surface area (Å²) < 4.78 is 37.5. The van der Waals surface area contributed by atoms with Gasteiger partial charge < -0.3 is 10.0 Å². The molecule has 1 fully saturated rings. The Morgan fingerprint density at radius 1 is 1.24 bits per heavy atom. The van der Waals surface area contributed by atoms with E-state index in [1.807, 2.05) is 0 Å². The lowest BCUT2D eigenvalue weighted by molar-refractivity contribution is -0.127. The molecule has 1 N–H and O–H groups in total. The number of sulfone groups is 1.